The third-order valence-electron chi connectivity index (χ3n) is 3.47. The maximum Gasteiger partial charge on any atom is 0.244 e. The van der Waals surface area contributed by atoms with E-state index in [1.165, 1.54) is 26.2 Å². The number of methoxy groups -OCH3 is 1. The number of sulfonamides is 2. The molecule has 1 fully saturated rings. The van der Waals surface area contributed by atoms with Gasteiger partial charge in [0.2, 0.25) is 26.0 Å². The number of nitrogens with one attached hydrogen (secondary N) is 1. The van der Waals surface area contributed by atoms with Crippen molar-refractivity contribution in [2.24, 2.45) is 5.92 Å². The van der Waals surface area contributed by atoms with Gasteiger partial charge in [-0.15, -0.1) is 0 Å². The van der Waals surface area contributed by atoms with Crippen LogP contribution in [0, 0.1) is 5.92 Å². The first-order chi connectivity index (χ1) is 11.3. The molecule has 1 aromatic rings. The fraction of sp³-hybridized carbons (Fsp3) is 0.533. The van der Waals surface area contributed by atoms with E-state index in [1.54, 1.807) is 20.8 Å². The van der Waals surface area contributed by atoms with Crippen LogP contribution in [0.1, 0.15) is 27.7 Å². The van der Waals surface area contributed by atoms with E-state index < -0.39 is 37.4 Å². The number of hydrogen-bond acceptors (Lipinski definition) is 6. The van der Waals surface area contributed by atoms with Gasteiger partial charge in [0, 0.05) is 5.54 Å². The molecule has 8 nitrogen and oxygen atoms in total. The number of carbonyl (C=O) groups excluding carboxylic acids is 1. The van der Waals surface area contributed by atoms with Gasteiger partial charge in [-0.3, -0.25) is 4.79 Å². The van der Waals surface area contributed by atoms with Crippen LogP contribution in [0.25, 0.3) is 0 Å². The van der Waals surface area contributed by atoms with Crippen LogP contribution in [0.4, 0.5) is 5.69 Å². The fourth-order valence-electron chi connectivity index (χ4n) is 2.55. The van der Waals surface area contributed by atoms with Gasteiger partial charge in [0.25, 0.3) is 0 Å². The highest BCUT2D eigenvalue weighted by atomic mass is 32.2. The van der Waals surface area contributed by atoms with E-state index in [-0.39, 0.29) is 22.1 Å². The van der Waals surface area contributed by atoms with E-state index in [0.29, 0.717) is 4.31 Å². The topological polar surface area (TPSA) is 110 Å². The Labute approximate surface area is 148 Å². The molecule has 1 aliphatic rings. The SMILES string of the molecule is COc1ccc(N2C(=O)C(C)CS2(=O)=O)cc1S(=O)(=O)NC(C)(C)C. The highest BCUT2D eigenvalue weighted by Crippen LogP contribution is 2.34. The Kier molecular flexibility index (Phi) is 4.92. The van der Waals surface area contributed by atoms with Crippen molar-refractivity contribution < 1.29 is 26.4 Å². The summed E-state index contributed by atoms with van der Waals surface area (Å²) >= 11 is 0. The molecule has 0 radical (unpaired) electrons. The number of nitrogens with zero attached hydrogens (tertiary/aromatic N) is 1. The predicted molar refractivity (Wildman–Crippen MR) is 93.5 cm³/mol. The van der Waals surface area contributed by atoms with Gasteiger partial charge >= 0.3 is 0 Å². The van der Waals surface area contributed by atoms with Crippen molar-refractivity contribution in [2.45, 2.75) is 38.1 Å². The van der Waals surface area contributed by atoms with Crippen LogP contribution in [-0.4, -0.2) is 41.1 Å². The lowest BCUT2D eigenvalue weighted by molar-refractivity contribution is -0.119. The number of carbonyl (C=O) groups is 1. The van der Waals surface area contributed by atoms with Gasteiger partial charge < -0.3 is 4.74 Å². The molecule has 10 heteroatoms. The first-order valence-electron chi connectivity index (χ1n) is 7.57. The standard InChI is InChI=1S/C15H22N2O6S2/c1-10-9-24(19,20)17(14(10)18)11-6-7-12(23-5)13(8-11)25(21,22)16-15(2,3)4/h6-8,10,16H,9H2,1-5H3. The van der Waals surface area contributed by atoms with Gasteiger partial charge in [-0.2, -0.15) is 0 Å². The molecule has 0 aliphatic carbocycles. The van der Waals surface area contributed by atoms with Crippen molar-refractivity contribution in [3.05, 3.63) is 18.2 Å². The van der Waals surface area contributed by atoms with Gasteiger partial charge in [-0.1, -0.05) is 6.92 Å². The third-order valence-corrected chi connectivity index (χ3v) is 7.12. The molecule has 1 amide bonds. The third kappa shape index (κ3) is 3.96. The normalized spacial score (nSPS) is 20.8. The lowest BCUT2D eigenvalue weighted by Gasteiger charge is -2.22. The molecule has 1 aromatic carbocycles. The molecule has 0 bridgehead atoms. The average molecular weight is 390 g/mol. The Balaban J connectivity index is 2.61. The molecule has 0 spiro atoms. The summed E-state index contributed by atoms with van der Waals surface area (Å²) in [4.78, 5) is 12.0. The Morgan fingerprint density at radius 1 is 1.28 bits per heavy atom. The van der Waals surface area contributed by atoms with Crippen LogP contribution in [0.3, 0.4) is 0 Å². The van der Waals surface area contributed by atoms with E-state index >= 15 is 0 Å². The van der Waals surface area contributed by atoms with Crippen molar-refractivity contribution in [2.75, 3.05) is 17.2 Å². The van der Waals surface area contributed by atoms with Gasteiger partial charge in [0.15, 0.2) is 0 Å². The zero-order valence-corrected chi connectivity index (χ0v) is 16.4. The van der Waals surface area contributed by atoms with E-state index in [0.717, 1.165) is 6.07 Å². The number of ether oxygens (including phenoxy) is 1. The van der Waals surface area contributed by atoms with Crippen molar-refractivity contribution in [3.8, 4) is 5.75 Å². The minimum Gasteiger partial charge on any atom is -0.495 e. The molecule has 1 N–H and O–H groups in total. The molecule has 2 rings (SSSR count). The average Bonchev–Trinajstić information content (AvgIpc) is 2.64. The molecule has 1 atom stereocenters. The van der Waals surface area contributed by atoms with Crippen molar-refractivity contribution in [1.82, 2.24) is 4.72 Å². The minimum absolute atomic E-state index is 0.0237. The Morgan fingerprint density at radius 3 is 2.32 bits per heavy atom. The van der Waals surface area contributed by atoms with E-state index in [4.69, 9.17) is 4.74 Å². The van der Waals surface area contributed by atoms with E-state index in [2.05, 4.69) is 4.72 Å². The van der Waals surface area contributed by atoms with Crippen molar-refractivity contribution >= 4 is 31.6 Å². The van der Waals surface area contributed by atoms with Gasteiger partial charge in [0.05, 0.1) is 24.5 Å². The Bertz CT molecular complexity index is 900. The quantitative estimate of drug-likeness (QED) is 0.824. The summed E-state index contributed by atoms with van der Waals surface area (Å²) in [6.07, 6.45) is 0. The molecule has 1 aliphatic heterocycles. The first kappa shape index (κ1) is 19.7. The molecular formula is C15H22N2O6S2. The molecular weight excluding hydrogens is 368 g/mol. The second-order valence-corrected chi connectivity index (χ2v) is 10.5. The zero-order chi connectivity index (χ0) is 19.2. The molecule has 25 heavy (non-hydrogen) atoms. The van der Waals surface area contributed by atoms with E-state index in [9.17, 15) is 21.6 Å². The van der Waals surface area contributed by atoms with Crippen LogP contribution in [-0.2, 0) is 24.8 Å². The predicted octanol–water partition coefficient (Wildman–Crippen LogP) is 1.08. The monoisotopic (exact) mass is 390 g/mol. The van der Waals surface area contributed by atoms with Crippen LogP contribution in [0.5, 0.6) is 5.75 Å². The summed E-state index contributed by atoms with van der Waals surface area (Å²) in [6.45, 7) is 6.55. The zero-order valence-electron chi connectivity index (χ0n) is 14.7. The molecule has 1 heterocycles. The van der Waals surface area contributed by atoms with Crippen LogP contribution in [0.15, 0.2) is 23.1 Å². The van der Waals surface area contributed by atoms with Crippen LogP contribution >= 0.6 is 0 Å². The summed E-state index contributed by atoms with van der Waals surface area (Å²) < 4.78 is 58.0. The molecule has 1 saturated heterocycles. The van der Waals surface area contributed by atoms with Crippen LogP contribution in [0.2, 0.25) is 0 Å². The number of benzene rings is 1. The lowest BCUT2D eigenvalue weighted by atomic mass is 10.1. The minimum atomic E-state index is -3.99. The summed E-state index contributed by atoms with van der Waals surface area (Å²) in [7, 11) is -6.51. The summed E-state index contributed by atoms with van der Waals surface area (Å²) in [5, 5.41) is 0. The summed E-state index contributed by atoms with van der Waals surface area (Å²) in [5.41, 5.74) is -0.770. The second kappa shape index (κ2) is 6.26. The molecule has 0 aromatic heterocycles. The second-order valence-electron chi connectivity index (χ2n) is 6.97. The maximum atomic E-state index is 12.7. The van der Waals surface area contributed by atoms with Crippen molar-refractivity contribution in [1.29, 1.82) is 0 Å². The Hall–Kier alpha value is -1.65. The highest BCUT2D eigenvalue weighted by Gasteiger charge is 2.42. The first-order valence-corrected chi connectivity index (χ1v) is 10.7. The summed E-state index contributed by atoms with van der Waals surface area (Å²) in [6, 6.07) is 3.82. The fourth-order valence-corrected chi connectivity index (χ4v) is 5.97. The van der Waals surface area contributed by atoms with Gasteiger partial charge in [-0.05, 0) is 39.0 Å². The molecule has 140 valence electrons. The van der Waals surface area contributed by atoms with Gasteiger partial charge in [0.1, 0.15) is 10.6 Å². The van der Waals surface area contributed by atoms with Gasteiger partial charge in [-0.25, -0.2) is 25.9 Å². The van der Waals surface area contributed by atoms with Crippen molar-refractivity contribution in [3.63, 3.8) is 0 Å². The number of amides is 1. The van der Waals surface area contributed by atoms with Crippen LogP contribution < -0.4 is 13.8 Å². The highest BCUT2D eigenvalue weighted by molar-refractivity contribution is 7.94. The van der Waals surface area contributed by atoms with E-state index in [1.807, 2.05) is 0 Å². The number of hydrogen-bond donors (Lipinski definition) is 1. The maximum absolute atomic E-state index is 12.7. The molecule has 1 unspecified atom stereocenters. The number of anilines is 1. The summed E-state index contributed by atoms with van der Waals surface area (Å²) in [5.74, 6) is -1.52. The smallest absolute Gasteiger partial charge is 0.244 e. The number of rotatable bonds is 4. The largest absolute Gasteiger partial charge is 0.495 e. The lowest BCUT2D eigenvalue weighted by Crippen LogP contribution is -2.40. The molecule has 0 saturated carbocycles. The Morgan fingerprint density at radius 2 is 1.88 bits per heavy atom.